The van der Waals surface area contributed by atoms with Gasteiger partial charge in [-0.15, -0.1) is 0 Å². The highest BCUT2D eigenvalue weighted by Gasteiger charge is 2.35. The quantitative estimate of drug-likeness (QED) is 0.797. The van der Waals surface area contributed by atoms with Gasteiger partial charge in [-0.1, -0.05) is 11.6 Å². The number of carboxylic acids is 1. The van der Waals surface area contributed by atoms with Crippen LogP contribution in [0.3, 0.4) is 0 Å². The minimum atomic E-state index is -3.42. The van der Waals surface area contributed by atoms with Crippen LogP contribution in [0.2, 0.25) is 5.02 Å². The van der Waals surface area contributed by atoms with Gasteiger partial charge in [-0.3, -0.25) is 4.79 Å². The fourth-order valence-electron chi connectivity index (χ4n) is 1.99. The summed E-state index contributed by atoms with van der Waals surface area (Å²) in [5.41, 5.74) is 0. The maximum atomic E-state index is 12.0. The fraction of sp³-hybridized carbons (Fsp3) is 0.462. The van der Waals surface area contributed by atoms with Crippen molar-refractivity contribution in [2.45, 2.75) is 23.8 Å². The van der Waals surface area contributed by atoms with Crippen LogP contribution in [0.15, 0.2) is 29.2 Å². The summed E-state index contributed by atoms with van der Waals surface area (Å²) in [4.78, 5) is 11.2. The lowest BCUT2D eigenvalue weighted by Crippen LogP contribution is -2.40. The maximum Gasteiger partial charge on any atom is 0.320 e. The summed E-state index contributed by atoms with van der Waals surface area (Å²) in [6.45, 7) is 0.123. The van der Waals surface area contributed by atoms with Crippen molar-refractivity contribution in [2.75, 3.05) is 12.3 Å². The van der Waals surface area contributed by atoms with Crippen molar-refractivity contribution < 1.29 is 18.3 Å². The lowest BCUT2D eigenvalue weighted by molar-refractivity contribution is -0.140. The largest absolute Gasteiger partial charge is 0.480 e. The number of aliphatic carboxylic acids is 1. The van der Waals surface area contributed by atoms with E-state index in [1.54, 1.807) is 0 Å². The molecule has 1 unspecified atom stereocenters. The number of rotatable bonds is 7. The van der Waals surface area contributed by atoms with Crippen LogP contribution in [0.25, 0.3) is 0 Å². The first-order valence-electron chi connectivity index (χ1n) is 6.34. The molecule has 0 aromatic heterocycles. The van der Waals surface area contributed by atoms with Gasteiger partial charge in [0.15, 0.2) is 9.84 Å². The van der Waals surface area contributed by atoms with Crippen molar-refractivity contribution in [3.8, 4) is 0 Å². The van der Waals surface area contributed by atoms with Gasteiger partial charge in [0, 0.05) is 11.6 Å². The first kappa shape index (κ1) is 15.3. The summed E-state index contributed by atoms with van der Waals surface area (Å²) >= 11 is 5.71. The Bertz CT molecular complexity index is 581. The van der Waals surface area contributed by atoms with Gasteiger partial charge in [0.05, 0.1) is 10.6 Å². The summed E-state index contributed by atoms with van der Waals surface area (Å²) in [6, 6.07) is 5.30. The summed E-state index contributed by atoms with van der Waals surface area (Å²) in [7, 11) is -3.42. The van der Waals surface area contributed by atoms with Crippen molar-refractivity contribution >= 4 is 27.4 Å². The van der Waals surface area contributed by atoms with Crippen molar-refractivity contribution in [1.82, 2.24) is 5.32 Å². The molecule has 5 nitrogen and oxygen atoms in total. The van der Waals surface area contributed by atoms with Gasteiger partial charge in [0.2, 0.25) is 0 Å². The summed E-state index contributed by atoms with van der Waals surface area (Å²) in [6.07, 6.45) is 1.77. The van der Waals surface area contributed by atoms with E-state index >= 15 is 0 Å². The molecular formula is C13H16ClNO4S. The molecule has 1 aliphatic carbocycles. The number of carbonyl (C=O) groups is 1. The van der Waals surface area contributed by atoms with Gasteiger partial charge >= 0.3 is 5.97 Å². The molecule has 1 aromatic rings. The number of sulfone groups is 1. The lowest BCUT2D eigenvalue weighted by Gasteiger charge is -2.13. The Kier molecular flexibility index (Phi) is 4.67. The summed E-state index contributed by atoms with van der Waals surface area (Å²) in [5.74, 6) is -0.923. The van der Waals surface area contributed by atoms with Gasteiger partial charge in [0.25, 0.3) is 0 Å². The predicted octanol–water partition coefficient (Wildman–Crippen LogP) is 1.57. The Hall–Kier alpha value is -1.11. The number of hydrogen-bond acceptors (Lipinski definition) is 4. The normalized spacial score (nSPS) is 16.9. The van der Waals surface area contributed by atoms with E-state index in [0.29, 0.717) is 5.02 Å². The molecule has 0 spiro atoms. The van der Waals surface area contributed by atoms with Crippen LogP contribution >= 0.6 is 11.6 Å². The topological polar surface area (TPSA) is 83.5 Å². The van der Waals surface area contributed by atoms with Crippen LogP contribution in [-0.4, -0.2) is 37.8 Å². The van der Waals surface area contributed by atoms with E-state index in [1.807, 2.05) is 0 Å². The molecule has 1 aromatic carbocycles. The average Bonchev–Trinajstić information content (AvgIpc) is 3.19. The molecular weight excluding hydrogens is 302 g/mol. The van der Waals surface area contributed by atoms with Gasteiger partial charge in [-0.25, -0.2) is 8.42 Å². The van der Waals surface area contributed by atoms with E-state index in [1.165, 1.54) is 24.3 Å². The Morgan fingerprint density at radius 2 is 1.95 bits per heavy atom. The highest BCUT2D eigenvalue weighted by Crippen LogP contribution is 2.32. The van der Waals surface area contributed by atoms with E-state index in [0.717, 1.165) is 12.8 Å². The highest BCUT2D eigenvalue weighted by atomic mass is 35.5. The second kappa shape index (κ2) is 6.11. The third kappa shape index (κ3) is 3.94. The summed E-state index contributed by atoms with van der Waals surface area (Å²) in [5, 5.41) is 12.3. The number of hydrogen-bond donors (Lipinski definition) is 2. The summed E-state index contributed by atoms with van der Waals surface area (Å²) < 4.78 is 24.1. The molecule has 1 aliphatic rings. The molecule has 0 radical (unpaired) electrons. The minimum absolute atomic E-state index is 0.123. The van der Waals surface area contributed by atoms with E-state index in [2.05, 4.69) is 5.32 Å². The molecule has 0 bridgehead atoms. The second-order valence-corrected chi connectivity index (χ2v) is 7.43. The number of carboxylic acid groups (broad SMARTS) is 1. The molecule has 2 rings (SSSR count). The Morgan fingerprint density at radius 3 is 2.45 bits per heavy atom. The van der Waals surface area contributed by atoms with E-state index in [-0.39, 0.29) is 23.1 Å². The predicted molar refractivity (Wildman–Crippen MR) is 75.7 cm³/mol. The van der Waals surface area contributed by atoms with Gasteiger partial charge in [-0.2, -0.15) is 0 Å². The molecule has 0 saturated heterocycles. The fourth-order valence-corrected chi connectivity index (χ4v) is 3.29. The third-order valence-electron chi connectivity index (χ3n) is 3.27. The Balaban J connectivity index is 1.92. The molecule has 0 aliphatic heterocycles. The van der Waals surface area contributed by atoms with Crippen LogP contribution < -0.4 is 5.32 Å². The zero-order chi connectivity index (χ0) is 14.8. The molecule has 20 heavy (non-hydrogen) atoms. The van der Waals surface area contributed by atoms with Crippen molar-refractivity contribution in [2.24, 2.45) is 5.92 Å². The molecule has 0 heterocycles. The van der Waals surface area contributed by atoms with E-state index in [4.69, 9.17) is 16.7 Å². The second-order valence-electron chi connectivity index (χ2n) is 4.88. The molecule has 0 amide bonds. The maximum absolute atomic E-state index is 12.0. The van der Waals surface area contributed by atoms with Crippen molar-refractivity contribution in [3.63, 3.8) is 0 Å². The van der Waals surface area contributed by atoms with E-state index in [9.17, 15) is 13.2 Å². The molecule has 7 heteroatoms. The van der Waals surface area contributed by atoms with Crippen LogP contribution in [-0.2, 0) is 14.6 Å². The van der Waals surface area contributed by atoms with Gasteiger partial charge in [-0.05, 0) is 43.0 Å². The van der Waals surface area contributed by atoms with Crippen LogP contribution in [0, 0.1) is 5.92 Å². The Labute approximate surface area is 122 Å². The zero-order valence-corrected chi connectivity index (χ0v) is 12.3. The molecule has 1 fully saturated rings. The minimum Gasteiger partial charge on any atom is -0.480 e. The van der Waals surface area contributed by atoms with Crippen molar-refractivity contribution in [1.29, 1.82) is 0 Å². The smallest absolute Gasteiger partial charge is 0.320 e. The van der Waals surface area contributed by atoms with Crippen molar-refractivity contribution in [3.05, 3.63) is 29.3 Å². The van der Waals surface area contributed by atoms with Crippen LogP contribution in [0.1, 0.15) is 12.8 Å². The van der Waals surface area contributed by atoms with Crippen LogP contribution in [0.5, 0.6) is 0 Å². The zero-order valence-electron chi connectivity index (χ0n) is 10.8. The number of nitrogens with one attached hydrogen (secondary N) is 1. The van der Waals surface area contributed by atoms with Crippen LogP contribution in [0.4, 0.5) is 0 Å². The number of benzene rings is 1. The van der Waals surface area contributed by atoms with Gasteiger partial charge in [0.1, 0.15) is 6.04 Å². The molecule has 1 saturated carbocycles. The first-order chi connectivity index (χ1) is 9.40. The standard InChI is InChI=1S/C13H16ClNO4S/c14-10-3-5-11(6-4-10)20(18,19)8-7-15-12(13(16)17)9-1-2-9/h3-6,9,12,15H,1-2,7-8H2,(H,16,17). The molecule has 2 N–H and O–H groups in total. The average molecular weight is 318 g/mol. The number of halogens is 1. The van der Waals surface area contributed by atoms with E-state index < -0.39 is 21.8 Å². The first-order valence-corrected chi connectivity index (χ1v) is 8.38. The SMILES string of the molecule is O=C(O)C(NCCS(=O)(=O)c1ccc(Cl)cc1)C1CC1. The Morgan fingerprint density at radius 1 is 1.35 bits per heavy atom. The molecule has 110 valence electrons. The molecule has 1 atom stereocenters. The van der Waals surface area contributed by atoms with Gasteiger partial charge < -0.3 is 10.4 Å². The third-order valence-corrected chi connectivity index (χ3v) is 5.25. The highest BCUT2D eigenvalue weighted by molar-refractivity contribution is 7.91. The monoisotopic (exact) mass is 317 g/mol. The lowest BCUT2D eigenvalue weighted by atomic mass is 10.2.